The maximum Gasteiger partial charge on any atom is 0.335 e. The van der Waals surface area contributed by atoms with E-state index < -0.39 is 5.97 Å². The van der Waals surface area contributed by atoms with Gasteiger partial charge in [0.1, 0.15) is 5.75 Å². The van der Waals surface area contributed by atoms with Crippen LogP contribution in [0, 0.1) is 5.92 Å². The van der Waals surface area contributed by atoms with Crippen LogP contribution in [0.15, 0.2) is 18.2 Å². The molecule has 0 aromatic heterocycles. The highest BCUT2D eigenvalue weighted by Crippen LogP contribution is 2.25. The first-order valence-electron chi connectivity index (χ1n) is 6.43. The molecule has 7 heteroatoms. The van der Waals surface area contributed by atoms with Gasteiger partial charge in [0.25, 0.3) is 0 Å². The number of carboxylic acids is 1. The number of benzene rings is 1. The van der Waals surface area contributed by atoms with E-state index in [2.05, 4.69) is 10.6 Å². The Hall–Kier alpha value is -1.89. The fourth-order valence-corrected chi connectivity index (χ4v) is 2.40. The van der Waals surface area contributed by atoms with E-state index in [9.17, 15) is 9.59 Å². The van der Waals surface area contributed by atoms with Crippen LogP contribution < -0.4 is 15.4 Å². The topological polar surface area (TPSA) is 87.7 Å². The first-order chi connectivity index (χ1) is 9.97. The van der Waals surface area contributed by atoms with Crippen molar-refractivity contribution in [2.24, 2.45) is 5.92 Å². The summed E-state index contributed by atoms with van der Waals surface area (Å²) in [6, 6.07) is 3.91. The Morgan fingerprint density at radius 1 is 1.43 bits per heavy atom. The summed E-state index contributed by atoms with van der Waals surface area (Å²) in [6.45, 7) is 2.59. The molecule has 0 aliphatic heterocycles. The van der Waals surface area contributed by atoms with Crippen molar-refractivity contribution in [2.45, 2.75) is 6.92 Å². The minimum Gasteiger partial charge on any atom is -0.495 e. The van der Waals surface area contributed by atoms with Gasteiger partial charge in [-0.3, -0.25) is 0 Å². The van der Waals surface area contributed by atoms with Crippen LogP contribution in [0.5, 0.6) is 5.75 Å². The summed E-state index contributed by atoms with van der Waals surface area (Å²) in [5.74, 6) is 0.665. The normalized spacial score (nSPS) is 11.6. The van der Waals surface area contributed by atoms with Gasteiger partial charge < -0.3 is 20.5 Å². The zero-order chi connectivity index (χ0) is 15.8. The molecule has 1 atom stereocenters. The molecule has 116 valence electrons. The average molecular weight is 312 g/mol. The molecule has 0 saturated heterocycles. The van der Waals surface area contributed by atoms with Crippen molar-refractivity contribution in [2.75, 3.05) is 31.0 Å². The van der Waals surface area contributed by atoms with Gasteiger partial charge in [-0.25, -0.2) is 9.59 Å². The maximum absolute atomic E-state index is 11.8. The Balaban J connectivity index is 2.70. The number of nitrogens with one attached hydrogen (secondary N) is 2. The standard InChI is InChI=1S/C14H20N2O4S/c1-9(8-21-3)7-15-14(19)16-11-6-10(13(17)18)4-5-12(11)20-2/h4-6,9H,7-8H2,1-3H3,(H,17,18)(H2,15,16,19). The molecule has 21 heavy (non-hydrogen) atoms. The van der Waals surface area contributed by atoms with E-state index in [0.29, 0.717) is 23.9 Å². The Morgan fingerprint density at radius 3 is 2.71 bits per heavy atom. The number of aromatic carboxylic acids is 1. The number of methoxy groups -OCH3 is 1. The van der Waals surface area contributed by atoms with Crippen molar-refractivity contribution in [3.05, 3.63) is 23.8 Å². The van der Waals surface area contributed by atoms with Crippen molar-refractivity contribution in [3.63, 3.8) is 0 Å². The second-order valence-electron chi connectivity index (χ2n) is 4.62. The monoisotopic (exact) mass is 312 g/mol. The molecule has 0 bridgehead atoms. The molecule has 1 aromatic carbocycles. The molecule has 0 fully saturated rings. The SMILES string of the molecule is COc1ccc(C(=O)O)cc1NC(=O)NCC(C)CSC. The maximum atomic E-state index is 11.8. The summed E-state index contributed by atoms with van der Waals surface area (Å²) in [4.78, 5) is 22.8. The lowest BCUT2D eigenvalue weighted by atomic mass is 10.2. The fourth-order valence-electron chi connectivity index (χ4n) is 1.72. The number of carbonyl (C=O) groups is 2. The van der Waals surface area contributed by atoms with Crippen LogP contribution in [0.1, 0.15) is 17.3 Å². The molecule has 0 radical (unpaired) electrons. The second kappa shape index (κ2) is 8.41. The largest absolute Gasteiger partial charge is 0.495 e. The number of thioether (sulfide) groups is 1. The Bertz CT molecular complexity index is 508. The Labute approximate surface area is 128 Å². The summed E-state index contributed by atoms with van der Waals surface area (Å²) < 4.78 is 5.11. The minimum atomic E-state index is -1.06. The number of urea groups is 1. The molecule has 0 heterocycles. The first kappa shape index (κ1) is 17.2. The van der Waals surface area contributed by atoms with Crippen LogP contribution in [-0.4, -0.2) is 42.8 Å². The molecule has 0 aliphatic carbocycles. The summed E-state index contributed by atoms with van der Waals surface area (Å²) in [5, 5.41) is 14.3. The highest BCUT2D eigenvalue weighted by molar-refractivity contribution is 7.98. The number of anilines is 1. The van der Waals surface area contributed by atoms with E-state index in [1.54, 1.807) is 11.8 Å². The number of hydrogen-bond donors (Lipinski definition) is 3. The predicted octanol–water partition coefficient (Wildman–Crippen LogP) is 2.51. The first-order valence-corrected chi connectivity index (χ1v) is 7.82. The molecular weight excluding hydrogens is 292 g/mol. The predicted molar refractivity (Wildman–Crippen MR) is 84.5 cm³/mol. The average Bonchev–Trinajstić information content (AvgIpc) is 2.45. The van der Waals surface area contributed by atoms with Crippen LogP contribution in [-0.2, 0) is 0 Å². The number of amides is 2. The molecule has 0 aliphatic rings. The van der Waals surface area contributed by atoms with Crippen LogP contribution in [0.2, 0.25) is 0 Å². The van der Waals surface area contributed by atoms with Crippen molar-refractivity contribution >= 4 is 29.4 Å². The van der Waals surface area contributed by atoms with Gasteiger partial charge in [0, 0.05) is 6.54 Å². The van der Waals surface area contributed by atoms with Crippen LogP contribution in [0.4, 0.5) is 10.5 Å². The molecule has 2 amide bonds. The van der Waals surface area contributed by atoms with E-state index in [1.165, 1.54) is 25.3 Å². The molecule has 1 rings (SSSR count). The third-order valence-corrected chi connectivity index (χ3v) is 3.66. The third-order valence-electron chi connectivity index (χ3n) is 2.76. The van der Waals surface area contributed by atoms with Gasteiger partial charge in [-0.05, 0) is 36.1 Å². The highest BCUT2D eigenvalue weighted by atomic mass is 32.2. The summed E-state index contributed by atoms with van der Waals surface area (Å²) >= 11 is 1.72. The van der Waals surface area contributed by atoms with Crippen molar-refractivity contribution in [1.29, 1.82) is 0 Å². The molecule has 1 aromatic rings. The van der Waals surface area contributed by atoms with Crippen molar-refractivity contribution in [1.82, 2.24) is 5.32 Å². The molecule has 3 N–H and O–H groups in total. The number of carbonyl (C=O) groups excluding carboxylic acids is 1. The van der Waals surface area contributed by atoms with E-state index >= 15 is 0 Å². The van der Waals surface area contributed by atoms with Gasteiger partial charge in [-0.2, -0.15) is 11.8 Å². The molecular formula is C14H20N2O4S. The number of ether oxygens (including phenoxy) is 1. The lowest BCUT2D eigenvalue weighted by molar-refractivity contribution is 0.0697. The van der Waals surface area contributed by atoms with Crippen LogP contribution in [0.25, 0.3) is 0 Å². The Kier molecular flexibility index (Phi) is 6.87. The van der Waals surface area contributed by atoms with Gasteiger partial charge in [0.15, 0.2) is 0 Å². The van der Waals surface area contributed by atoms with Crippen molar-refractivity contribution < 1.29 is 19.4 Å². The van der Waals surface area contributed by atoms with E-state index in [-0.39, 0.29) is 11.6 Å². The van der Waals surface area contributed by atoms with Gasteiger partial charge in [-0.15, -0.1) is 0 Å². The number of carboxylic acid groups (broad SMARTS) is 1. The molecule has 6 nitrogen and oxygen atoms in total. The molecule has 0 spiro atoms. The van der Waals surface area contributed by atoms with E-state index in [4.69, 9.17) is 9.84 Å². The summed E-state index contributed by atoms with van der Waals surface area (Å²) in [5.41, 5.74) is 0.411. The number of hydrogen-bond acceptors (Lipinski definition) is 4. The summed E-state index contributed by atoms with van der Waals surface area (Å²) in [7, 11) is 1.46. The quantitative estimate of drug-likeness (QED) is 0.720. The molecule has 1 unspecified atom stereocenters. The third kappa shape index (κ3) is 5.55. The van der Waals surface area contributed by atoms with Crippen molar-refractivity contribution in [3.8, 4) is 5.75 Å². The summed E-state index contributed by atoms with van der Waals surface area (Å²) in [6.07, 6.45) is 2.01. The van der Waals surface area contributed by atoms with Crippen LogP contribution in [0.3, 0.4) is 0 Å². The lowest BCUT2D eigenvalue weighted by Crippen LogP contribution is -2.33. The zero-order valence-corrected chi connectivity index (χ0v) is 13.1. The molecule has 0 saturated carbocycles. The van der Waals surface area contributed by atoms with Gasteiger partial charge in [0.2, 0.25) is 0 Å². The van der Waals surface area contributed by atoms with E-state index in [1.807, 2.05) is 13.2 Å². The lowest BCUT2D eigenvalue weighted by Gasteiger charge is -2.14. The smallest absolute Gasteiger partial charge is 0.335 e. The van der Waals surface area contributed by atoms with Gasteiger partial charge >= 0.3 is 12.0 Å². The zero-order valence-electron chi connectivity index (χ0n) is 12.3. The highest BCUT2D eigenvalue weighted by Gasteiger charge is 2.12. The van der Waals surface area contributed by atoms with Gasteiger partial charge in [0.05, 0.1) is 18.4 Å². The van der Waals surface area contributed by atoms with Gasteiger partial charge in [-0.1, -0.05) is 6.92 Å². The fraction of sp³-hybridized carbons (Fsp3) is 0.429. The Morgan fingerprint density at radius 2 is 2.14 bits per heavy atom. The minimum absolute atomic E-state index is 0.0850. The second-order valence-corrected chi connectivity index (χ2v) is 5.53. The van der Waals surface area contributed by atoms with E-state index in [0.717, 1.165) is 5.75 Å². The number of rotatable bonds is 7. The van der Waals surface area contributed by atoms with Crippen LogP contribution >= 0.6 is 11.8 Å².